The first-order valence-corrected chi connectivity index (χ1v) is 9.44. The third kappa shape index (κ3) is 4.86. The molecule has 3 aromatic rings. The van der Waals surface area contributed by atoms with Crippen molar-refractivity contribution in [1.82, 2.24) is 15.1 Å². The van der Waals surface area contributed by atoms with E-state index in [0.29, 0.717) is 25.3 Å². The Morgan fingerprint density at radius 2 is 1.66 bits per heavy atom. The van der Waals surface area contributed by atoms with Crippen molar-refractivity contribution in [3.8, 4) is 5.69 Å². The van der Waals surface area contributed by atoms with Crippen molar-refractivity contribution in [2.24, 2.45) is 0 Å². The van der Waals surface area contributed by atoms with Crippen LogP contribution in [0.15, 0.2) is 48.7 Å². The Bertz CT molecular complexity index is 1010. The fraction of sp³-hybridized carbons (Fsp3) is 0.158. The molecule has 1 N–H and O–H groups in total. The van der Waals surface area contributed by atoms with Crippen molar-refractivity contribution in [2.45, 2.75) is 12.6 Å². The number of nitrogens with one attached hydrogen (secondary N) is 1. The zero-order chi connectivity index (χ0) is 21.2. The maximum absolute atomic E-state index is 13.7. The van der Waals surface area contributed by atoms with Gasteiger partial charge in [-0.2, -0.15) is 18.3 Å². The van der Waals surface area contributed by atoms with E-state index in [0.717, 1.165) is 6.20 Å². The highest BCUT2D eigenvalue weighted by atomic mass is 35.5. The van der Waals surface area contributed by atoms with Crippen LogP contribution < -0.4 is 5.32 Å². The molecule has 29 heavy (non-hydrogen) atoms. The molecule has 1 aromatic heterocycles. The van der Waals surface area contributed by atoms with E-state index in [9.17, 15) is 18.0 Å². The Morgan fingerprint density at radius 1 is 1.03 bits per heavy atom. The molecular weight excluding hydrogens is 450 g/mol. The summed E-state index contributed by atoms with van der Waals surface area (Å²) in [5, 5.41) is 7.40. The van der Waals surface area contributed by atoms with Crippen LogP contribution in [0.2, 0.25) is 15.1 Å². The minimum atomic E-state index is -4.80. The lowest BCUT2D eigenvalue weighted by molar-refractivity contribution is -0.143. The van der Waals surface area contributed by atoms with E-state index in [1.54, 1.807) is 18.2 Å². The quantitative estimate of drug-likeness (QED) is 0.519. The number of alkyl halides is 3. The van der Waals surface area contributed by atoms with Crippen LogP contribution in [0.1, 0.15) is 21.6 Å². The van der Waals surface area contributed by atoms with Crippen molar-refractivity contribution in [2.75, 3.05) is 6.54 Å². The number of hydrogen-bond acceptors (Lipinski definition) is 2. The smallest absolute Gasteiger partial charge is 0.352 e. The number of hydrogen-bond donors (Lipinski definition) is 1. The summed E-state index contributed by atoms with van der Waals surface area (Å²) in [6.07, 6.45) is -3.65. The lowest BCUT2D eigenvalue weighted by Crippen LogP contribution is -2.28. The Labute approximate surface area is 179 Å². The third-order valence-electron chi connectivity index (χ3n) is 4.08. The van der Waals surface area contributed by atoms with Crippen molar-refractivity contribution in [3.05, 3.63) is 80.6 Å². The van der Waals surface area contributed by atoms with Gasteiger partial charge in [-0.15, -0.1) is 0 Å². The average Bonchev–Trinajstić information content (AvgIpc) is 3.10. The van der Waals surface area contributed by atoms with Crippen LogP contribution in [0, 0.1) is 0 Å². The maximum Gasteiger partial charge on any atom is 0.434 e. The van der Waals surface area contributed by atoms with E-state index in [1.807, 2.05) is 0 Å². The molecular formula is C19H13Cl3F3N3O. The van der Waals surface area contributed by atoms with Crippen LogP contribution in [0.5, 0.6) is 0 Å². The molecule has 0 atom stereocenters. The topological polar surface area (TPSA) is 46.9 Å². The van der Waals surface area contributed by atoms with Crippen LogP contribution in [0.3, 0.4) is 0 Å². The van der Waals surface area contributed by atoms with Crippen LogP contribution in [-0.4, -0.2) is 22.2 Å². The van der Waals surface area contributed by atoms with E-state index in [4.69, 9.17) is 34.8 Å². The first kappa shape index (κ1) is 21.5. The van der Waals surface area contributed by atoms with Gasteiger partial charge in [0.25, 0.3) is 5.91 Å². The minimum absolute atomic E-state index is 0.0473. The molecule has 0 aliphatic carbocycles. The molecule has 1 amide bonds. The van der Waals surface area contributed by atoms with Crippen molar-refractivity contribution >= 4 is 40.7 Å². The molecule has 0 aliphatic rings. The third-order valence-corrected chi connectivity index (χ3v) is 5.04. The first-order valence-electron chi connectivity index (χ1n) is 8.30. The number of rotatable bonds is 5. The van der Waals surface area contributed by atoms with Crippen LogP contribution in [0.4, 0.5) is 13.2 Å². The molecule has 152 valence electrons. The number of carbonyl (C=O) groups excluding carboxylic acids is 1. The fourth-order valence-electron chi connectivity index (χ4n) is 2.73. The van der Waals surface area contributed by atoms with Gasteiger partial charge in [-0.25, -0.2) is 4.68 Å². The van der Waals surface area contributed by atoms with Gasteiger partial charge in [0.15, 0.2) is 5.69 Å². The van der Waals surface area contributed by atoms with Crippen molar-refractivity contribution in [1.29, 1.82) is 0 Å². The molecule has 0 saturated heterocycles. The van der Waals surface area contributed by atoms with E-state index < -0.39 is 23.3 Å². The molecule has 0 radical (unpaired) electrons. The monoisotopic (exact) mass is 461 g/mol. The first-order chi connectivity index (χ1) is 13.7. The lowest BCUT2D eigenvalue weighted by Gasteiger charge is -2.13. The normalized spacial score (nSPS) is 11.5. The Balaban J connectivity index is 1.82. The summed E-state index contributed by atoms with van der Waals surface area (Å²) in [6.45, 7) is 0.0473. The van der Waals surface area contributed by atoms with Gasteiger partial charge in [0.2, 0.25) is 0 Å². The van der Waals surface area contributed by atoms with Gasteiger partial charge < -0.3 is 5.32 Å². The van der Waals surface area contributed by atoms with Crippen molar-refractivity contribution < 1.29 is 18.0 Å². The van der Waals surface area contributed by atoms with E-state index >= 15 is 0 Å². The number of benzene rings is 2. The molecule has 0 aliphatic heterocycles. The lowest BCUT2D eigenvalue weighted by atomic mass is 10.1. The predicted molar refractivity (Wildman–Crippen MR) is 106 cm³/mol. The summed E-state index contributed by atoms with van der Waals surface area (Å²) in [5.41, 5.74) is -1.03. The van der Waals surface area contributed by atoms with Gasteiger partial charge >= 0.3 is 6.18 Å². The second kappa shape index (κ2) is 8.65. The van der Waals surface area contributed by atoms with Crippen molar-refractivity contribution in [3.63, 3.8) is 0 Å². The van der Waals surface area contributed by atoms with E-state index in [2.05, 4.69) is 10.4 Å². The van der Waals surface area contributed by atoms with Crippen LogP contribution in [0.25, 0.3) is 5.69 Å². The van der Waals surface area contributed by atoms with Crippen LogP contribution in [-0.2, 0) is 12.6 Å². The molecule has 2 aromatic carbocycles. The number of amides is 1. The predicted octanol–water partition coefficient (Wildman–Crippen LogP) is 5.82. The molecule has 0 saturated carbocycles. The molecule has 0 bridgehead atoms. The summed E-state index contributed by atoms with van der Waals surface area (Å²) < 4.78 is 41.6. The Hall–Kier alpha value is -2.22. The molecule has 0 fully saturated rings. The number of nitrogens with zero attached hydrogens (tertiary/aromatic N) is 2. The summed E-state index contributed by atoms with van der Waals surface area (Å²) in [7, 11) is 0. The molecule has 4 nitrogen and oxygen atoms in total. The number of carbonyl (C=O) groups is 1. The maximum atomic E-state index is 13.7. The molecule has 1 heterocycles. The largest absolute Gasteiger partial charge is 0.434 e. The molecule has 0 unspecified atom stereocenters. The highest BCUT2D eigenvalue weighted by molar-refractivity contribution is 6.36. The SMILES string of the molecule is O=C(NCCc1c(Cl)cccc1Cl)c1cnn(-c2ccc(Cl)cc2)c1C(F)(F)F. The summed E-state index contributed by atoms with van der Waals surface area (Å²) in [4.78, 5) is 12.4. The second-order valence-corrected chi connectivity index (χ2v) is 7.25. The zero-order valence-corrected chi connectivity index (χ0v) is 16.9. The summed E-state index contributed by atoms with van der Waals surface area (Å²) in [5.74, 6) is -0.902. The van der Waals surface area contributed by atoms with Gasteiger partial charge in [0.1, 0.15) is 0 Å². The highest BCUT2D eigenvalue weighted by Gasteiger charge is 2.40. The minimum Gasteiger partial charge on any atom is -0.352 e. The van der Waals surface area contributed by atoms with E-state index in [-0.39, 0.29) is 18.7 Å². The van der Waals surface area contributed by atoms with Gasteiger partial charge in [-0.05, 0) is 48.4 Å². The Kier molecular flexibility index (Phi) is 6.41. The average molecular weight is 463 g/mol. The van der Waals surface area contributed by atoms with E-state index in [1.165, 1.54) is 24.3 Å². The summed E-state index contributed by atoms with van der Waals surface area (Å²) in [6, 6.07) is 10.6. The Morgan fingerprint density at radius 3 is 2.24 bits per heavy atom. The number of aromatic nitrogens is 2. The molecule has 10 heteroatoms. The summed E-state index contributed by atoms with van der Waals surface area (Å²) >= 11 is 17.9. The highest BCUT2D eigenvalue weighted by Crippen LogP contribution is 2.34. The fourth-order valence-corrected chi connectivity index (χ4v) is 3.45. The van der Waals surface area contributed by atoms with Gasteiger partial charge in [0.05, 0.1) is 17.4 Å². The molecule has 0 spiro atoms. The molecule has 3 rings (SSSR count). The standard InChI is InChI=1S/C19H13Cl3F3N3O/c20-11-4-6-12(7-5-11)28-17(19(23,24)25)14(10-27-28)18(29)26-9-8-13-15(21)2-1-3-16(13)22/h1-7,10H,8-9H2,(H,26,29). The number of halogens is 6. The van der Waals surface area contributed by atoms with Gasteiger partial charge in [-0.1, -0.05) is 40.9 Å². The van der Waals surface area contributed by atoms with Crippen LogP contribution >= 0.6 is 34.8 Å². The van der Waals surface area contributed by atoms with Gasteiger partial charge in [0, 0.05) is 21.6 Å². The second-order valence-electron chi connectivity index (χ2n) is 6.00. The zero-order valence-electron chi connectivity index (χ0n) is 14.6. The van der Waals surface area contributed by atoms with Gasteiger partial charge in [-0.3, -0.25) is 4.79 Å².